The smallest absolute Gasteiger partial charge is 0.780 e. The maximum Gasteiger partial charge on any atom is 1.00 e. The maximum absolute atomic E-state index is 11.1. The Morgan fingerprint density at radius 2 is 1.47 bits per heavy atom. The van der Waals surface area contributed by atoms with Crippen LogP contribution in [-0.4, -0.2) is 5.60 Å². The number of ether oxygens (including phenoxy) is 1. The molecule has 0 saturated heterocycles. The van der Waals surface area contributed by atoms with E-state index < -0.39 is 7.82 Å². The fraction of sp³-hybridized carbons (Fsp3) is 0.786. The third kappa shape index (κ3) is 12.9. The molecule has 0 spiro atoms. The Balaban J connectivity index is 0.00000612. The minimum Gasteiger partial charge on any atom is -0.780 e. The molecule has 1 aromatic rings. The van der Waals surface area contributed by atoms with Crippen LogP contribution in [0.25, 0.3) is 0 Å². The molecular weight excluding hydrogens is 493 g/mol. The van der Waals surface area contributed by atoms with Crippen molar-refractivity contribution in [2.24, 2.45) is 17.8 Å². The van der Waals surface area contributed by atoms with Gasteiger partial charge in [-0.15, -0.1) is 0 Å². The van der Waals surface area contributed by atoms with Gasteiger partial charge >= 0.3 is 59.1 Å². The Hall–Kier alpha value is 0.970. The molecule has 1 aliphatic rings. The van der Waals surface area contributed by atoms with Gasteiger partial charge in [-0.2, -0.15) is 0 Å². The summed E-state index contributed by atoms with van der Waals surface area (Å²) in [4.78, 5) is 22.2. The molecule has 3 unspecified atom stereocenters. The fourth-order valence-corrected chi connectivity index (χ4v) is 5.58. The van der Waals surface area contributed by atoms with Crippen LogP contribution >= 0.6 is 7.82 Å². The largest absolute Gasteiger partial charge is 1.00 e. The number of rotatable bonds is 14. The van der Waals surface area contributed by atoms with Crippen molar-refractivity contribution in [1.29, 1.82) is 0 Å². The van der Waals surface area contributed by atoms with Crippen LogP contribution in [0.5, 0.6) is 11.5 Å². The van der Waals surface area contributed by atoms with Crippen molar-refractivity contribution in [3.8, 4) is 11.5 Å². The first-order valence-corrected chi connectivity index (χ1v) is 14.8. The van der Waals surface area contributed by atoms with Crippen LogP contribution in [0.3, 0.4) is 0 Å². The second-order valence-corrected chi connectivity index (χ2v) is 12.6. The molecule has 0 aliphatic carbocycles. The predicted octanol–water partition coefficient (Wildman–Crippen LogP) is 1.04. The minimum atomic E-state index is -5.08. The molecule has 36 heavy (non-hydrogen) atoms. The van der Waals surface area contributed by atoms with Gasteiger partial charge in [-0.25, -0.2) is 0 Å². The quantitative estimate of drug-likeness (QED) is 0.260. The number of phosphoric ester groups is 1. The molecule has 196 valence electrons. The van der Waals surface area contributed by atoms with Gasteiger partial charge in [0.05, 0.1) is 0 Å². The van der Waals surface area contributed by atoms with Gasteiger partial charge < -0.3 is 23.6 Å². The first-order valence-electron chi connectivity index (χ1n) is 13.3. The molecule has 1 aromatic carbocycles. The van der Waals surface area contributed by atoms with Gasteiger partial charge in [0.1, 0.15) is 24.9 Å². The average molecular weight is 541 g/mol. The number of aryl methyl sites for hydroxylation is 1. The first kappa shape index (κ1) is 37.0. The number of benzene rings is 1. The molecule has 1 aliphatic heterocycles. The van der Waals surface area contributed by atoms with E-state index in [-0.39, 0.29) is 70.5 Å². The zero-order valence-corrected chi connectivity index (χ0v) is 29.5. The maximum atomic E-state index is 11.1. The van der Waals surface area contributed by atoms with E-state index in [4.69, 9.17) is 4.74 Å². The monoisotopic (exact) mass is 540 g/mol. The predicted molar refractivity (Wildman–Crippen MR) is 136 cm³/mol. The number of phosphoric acid groups is 1. The molecule has 0 amide bonds. The molecule has 5 nitrogen and oxygen atoms in total. The summed E-state index contributed by atoms with van der Waals surface area (Å²) >= 11 is 0. The van der Waals surface area contributed by atoms with Gasteiger partial charge in [-0.1, -0.05) is 72.6 Å². The van der Waals surface area contributed by atoms with Crippen LogP contribution in [0.1, 0.15) is 116 Å². The summed E-state index contributed by atoms with van der Waals surface area (Å²) in [5.74, 6) is 3.34. The third-order valence-electron chi connectivity index (χ3n) is 7.63. The third-order valence-corrected chi connectivity index (χ3v) is 8.05. The van der Waals surface area contributed by atoms with Gasteiger partial charge in [-0.3, -0.25) is 0 Å². The Morgan fingerprint density at radius 3 is 2.00 bits per heavy atom. The van der Waals surface area contributed by atoms with Crippen LogP contribution in [-0.2, 0) is 11.0 Å². The van der Waals surface area contributed by atoms with Gasteiger partial charge in [0.25, 0.3) is 0 Å². The van der Waals surface area contributed by atoms with E-state index in [9.17, 15) is 14.4 Å². The van der Waals surface area contributed by atoms with E-state index in [0.717, 1.165) is 60.3 Å². The summed E-state index contributed by atoms with van der Waals surface area (Å²) in [6, 6.07) is 1.66. The molecule has 8 heteroatoms. The van der Waals surface area contributed by atoms with Crippen molar-refractivity contribution in [3.63, 3.8) is 0 Å². The average Bonchev–Trinajstić information content (AvgIpc) is 2.71. The normalized spacial score (nSPS) is 18.9. The Kier molecular flexibility index (Phi) is 17.4. The number of fused-ring (bicyclic) bond motifs is 1. The van der Waals surface area contributed by atoms with Crippen molar-refractivity contribution in [3.05, 3.63) is 22.8 Å². The van der Waals surface area contributed by atoms with Gasteiger partial charge in [0, 0.05) is 0 Å². The number of hydrogen-bond donors (Lipinski definition) is 0. The zero-order valence-electron chi connectivity index (χ0n) is 24.6. The van der Waals surface area contributed by atoms with E-state index >= 15 is 0 Å². The topological polar surface area (TPSA) is 81.7 Å². The first-order chi connectivity index (χ1) is 15.8. The molecule has 2 rings (SSSR count). The van der Waals surface area contributed by atoms with Crippen molar-refractivity contribution < 1.29 is 82.7 Å². The molecule has 0 radical (unpaired) electrons. The summed E-state index contributed by atoms with van der Waals surface area (Å²) in [6.07, 6.45) is 13.1. The molecule has 0 saturated carbocycles. The van der Waals surface area contributed by atoms with Crippen LogP contribution in [0.2, 0.25) is 0 Å². The summed E-state index contributed by atoms with van der Waals surface area (Å²) in [5.41, 5.74) is 2.19. The summed E-state index contributed by atoms with van der Waals surface area (Å²) in [6.45, 7) is 15.3. The van der Waals surface area contributed by atoms with Gasteiger partial charge in [0.2, 0.25) is 0 Å². The summed E-state index contributed by atoms with van der Waals surface area (Å²) < 4.78 is 22.3. The van der Waals surface area contributed by atoms with Crippen molar-refractivity contribution in [1.82, 2.24) is 0 Å². The number of hydrogen-bond acceptors (Lipinski definition) is 5. The molecule has 0 aromatic heterocycles. The van der Waals surface area contributed by atoms with Gasteiger partial charge in [-0.05, 0) is 87.0 Å². The van der Waals surface area contributed by atoms with E-state index in [0.29, 0.717) is 5.56 Å². The van der Waals surface area contributed by atoms with E-state index in [2.05, 4.69) is 39.1 Å². The summed E-state index contributed by atoms with van der Waals surface area (Å²) in [5, 5.41) is 0. The van der Waals surface area contributed by atoms with Crippen molar-refractivity contribution >= 4 is 7.82 Å². The van der Waals surface area contributed by atoms with E-state index in [1.54, 1.807) is 13.0 Å². The Bertz CT molecular complexity index is 842. The molecule has 3 atom stereocenters. The SMILES string of the molecule is Cc1c(OP(=O)([O-])[O-])cc2c(c1C)OC(C)(CCCC(C)CCCC(C)CCCC(C)C)CC2.[Na+].[Na+]. The Labute approximate surface area is 265 Å². The van der Waals surface area contributed by atoms with Crippen LogP contribution in [0.4, 0.5) is 0 Å². The summed E-state index contributed by atoms with van der Waals surface area (Å²) in [7, 11) is -5.08. The van der Waals surface area contributed by atoms with Gasteiger partial charge in [0.15, 0.2) is 0 Å². The standard InChI is InChI=1S/C28H49O5P.2Na/c1-20(2)11-8-12-21(3)13-9-14-22(4)15-10-17-28(7)18-16-25-19-26(33-34(29,30)31)23(5)24(6)27(25)32-28;;/h19-22H,8-18H2,1-7H3,(H2,29,30,31);;/q;2*+1/p-2. The van der Waals surface area contributed by atoms with Crippen molar-refractivity contribution in [2.45, 2.75) is 125 Å². The molecule has 0 fully saturated rings. The molecule has 0 bridgehead atoms. The second-order valence-electron chi connectivity index (χ2n) is 11.6. The van der Waals surface area contributed by atoms with Crippen LogP contribution in [0, 0.1) is 31.6 Å². The van der Waals surface area contributed by atoms with Crippen LogP contribution in [0.15, 0.2) is 6.07 Å². The zero-order chi connectivity index (χ0) is 25.5. The van der Waals surface area contributed by atoms with Crippen molar-refractivity contribution in [2.75, 3.05) is 0 Å². The molecular formula is C28H47Na2O5P. The Morgan fingerprint density at radius 1 is 0.944 bits per heavy atom. The second kappa shape index (κ2) is 16.9. The fourth-order valence-electron chi connectivity index (χ4n) is 5.15. The molecule has 1 heterocycles. The van der Waals surface area contributed by atoms with Crippen LogP contribution < -0.4 is 78.2 Å². The van der Waals surface area contributed by atoms with E-state index in [1.807, 2.05) is 6.92 Å². The molecule has 0 N–H and O–H groups in total. The minimum absolute atomic E-state index is 0. The van der Waals surface area contributed by atoms with E-state index in [1.165, 1.54) is 44.9 Å².